The lowest BCUT2D eigenvalue weighted by Crippen LogP contribution is -2.43. The zero-order chi connectivity index (χ0) is 26.3. The summed E-state index contributed by atoms with van der Waals surface area (Å²) in [6, 6.07) is 4.19. The first-order valence-corrected chi connectivity index (χ1v) is 11.7. The normalized spacial score (nSPS) is 21.4. The topological polar surface area (TPSA) is 184 Å². The van der Waals surface area contributed by atoms with Crippen molar-refractivity contribution in [3.63, 3.8) is 0 Å². The molecule has 1 saturated heterocycles. The molecule has 13 nitrogen and oxygen atoms in total. The van der Waals surface area contributed by atoms with Crippen molar-refractivity contribution < 1.29 is 29.0 Å². The van der Waals surface area contributed by atoms with E-state index in [9.17, 15) is 15.0 Å². The molecule has 0 saturated carbocycles. The molecule has 4 heterocycles. The number of carboxylic acid groups (broad SMARTS) is 1. The minimum Gasteiger partial charge on any atom is -0.488 e. The van der Waals surface area contributed by atoms with Crippen LogP contribution in [0, 0.1) is 13.8 Å². The van der Waals surface area contributed by atoms with Crippen molar-refractivity contribution in [1.29, 1.82) is 0 Å². The van der Waals surface area contributed by atoms with Gasteiger partial charge in [0.1, 0.15) is 30.5 Å². The molecule has 0 bridgehead atoms. The number of hydrogen-bond acceptors (Lipinski definition) is 11. The predicted molar refractivity (Wildman–Crippen MR) is 130 cm³/mol. The van der Waals surface area contributed by atoms with E-state index in [2.05, 4.69) is 25.4 Å². The molecule has 0 aliphatic carbocycles. The molecule has 5 N–H and O–H groups in total. The van der Waals surface area contributed by atoms with Crippen molar-refractivity contribution in [3.8, 4) is 5.75 Å². The minimum absolute atomic E-state index is 0.279. The third-order valence-electron chi connectivity index (χ3n) is 6.22. The van der Waals surface area contributed by atoms with Gasteiger partial charge in [0, 0.05) is 17.1 Å². The summed E-state index contributed by atoms with van der Waals surface area (Å²) in [6.07, 6.45) is -0.975. The Balaban J connectivity index is 1.36. The van der Waals surface area contributed by atoms with E-state index in [0.717, 1.165) is 16.8 Å². The molecule has 0 unspecified atom stereocenters. The molecule has 0 amide bonds. The Hall–Kier alpha value is -3.78. The Morgan fingerprint density at radius 1 is 1.30 bits per heavy atom. The summed E-state index contributed by atoms with van der Waals surface area (Å²) in [5.41, 5.74) is 8.97. The first-order chi connectivity index (χ1) is 17.7. The summed E-state index contributed by atoms with van der Waals surface area (Å²) < 4.78 is 18.2. The lowest BCUT2D eigenvalue weighted by atomic mass is 10.1. The Labute approximate surface area is 215 Å². The summed E-state index contributed by atoms with van der Waals surface area (Å²) in [7, 11) is 0. The standard InChI is InChI=1S/C23H24ClN7O6/c1-10-14(11(2)37-30-10)7-35-15-4-3-13(24)5-12(15)6-26-20-17-21(28-8-27-20)31(9-29-17)22-18(32)16(25)19(36-22)23(33)34/h3-5,8-9,16,18-19,22,32H,6-7,25H2,1-2H3,(H,33,34)(H,26,27,28)/t16-,18+,19-,22+/m0/s1. The second-order valence-electron chi connectivity index (χ2n) is 8.60. The van der Waals surface area contributed by atoms with E-state index in [4.69, 9.17) is 31.3 Å². The third-order valence-corrected chi connectivity index (χ3v) is 6.46. The number of aryl methyl sites for hydroxylation is 2. The molecule has 1 aromatic carbocycles. The second kappa shape index (κ2) is 9.94. The molecular weight excluding hydrogens is 506 g/mol. The number of aliphatic hydroxyl groups is 1. The fourth-order valence-corrected chi connectivity index (χ4v) is 4.37. The van der Waals surface area contributed by atoms with Gasteiger partial charge in [0.2, 0.25) is 0 Å². The van der Waals surface area contributed by atoms with Gasteiger partial charge in [0.05, 0.1) is 23.6 Å². The Bertz CT molecular complexity index is 1440. The van der Waals surface area contributed by atoms with Crippen LogP contribution in [0.4, 0.5) is 5.82 Å². The first kappa shape index (κ1) is 24.9. The Morgan fingerprint density at radius 2 is 2.11 bits per heavy atom. The number of aliphatic hydroxyl groups excluding tert-OH is 1. The number of nitrogens with zero attached hydrogens (tertiary/aromatic N) is 5. The molecule has 1 aliphatic rings. The highest BCUT2D eigenvalue weighted by molar-refractivity contribution is 6.30. The molecule has 1 aliphatic heterocycles. The van der Waals surface area contributed by atoms with Crippen LogP contribution < -0.4 is 15.8 Å². The highest BCUT2D eigenvalue weighted by Crippen LogP contribution is 2.32. The molecule has 194 valence electrons. The van der Waals surface area contributed by atoms with Gasteiger partial charge in [-0.2, -0.15) is 0 Å². The number of carbonyl (C=O) groups is 1. The van der Waals surface area contributed by atoms with Gasteiger partial charge in [-0.25, -0.2) is 19.7 Å². The van der Waals surface area contributed by atoms with E-state index < -0.39 is 30.4 Å². The SMILES string of the molecule is Cc1noc(C)c1COc1ccc(Cl)cc1CNc1ncnc2c1ncn2[C@@H]1O[C@H](C(=O)O)[C@@H](N)[C@H]1O. The third kappa shape index (κ3) is 4.69. The number of anilines is 1. The predicted octanol–water partition coefficient (Wildman–Crippen LogP) is 1.95. The van der Waals surface area contributed by atoms with Crippen LogP contribution in [0.1, 0.15) is 28.8 Å². The summed E-state index contributed by atoms with van der Waals surface area (Å²) in [5, 5.41) is 27.5. The number of rotatable bonds is 8. The maximum absolute atomic E-state index is 11.4. The highest BCUT2D eigenvalue weighted by Gasteiger charge is 2.46. The largest absolute Gasteiger partial charge is 0.488 e. The van der Waals surface area contributed by atoms with Crippen molar-refractivity contribution in [2.45, 2.75) is 51.5 Å². The summed E-state index contributed by atoms with van der Waals surface area (Å²) in [4.78, 5) is 24.3. The number of benzene rings is 1. The van der Waals surface area contributed by atoms with Crippen molar-refractivity contribution in [2.75, 3.05) is 5.32 Å². The number of ether oxygens (including phenoxy) is 2. The van der Waals surface area contributed by atoms with Gasteiger partial charge in [-0.3, -0.25) is 4.57 Å². The smallest absolute Gasteiger partial charge is 0.334 e. The fraction of sp³-hybridized carbons (Fsp3) is 0.348. The molecule has 0 radical (unpaired) electrons. The van der Waals surface area contributed by atoms with Gasteiger partial charge < -0.3 is 35.3 Å². The number of aliphatic carboxylic acids is 1. The van der Waals surface area contributed by atoms with Crippen LogP contribution in [-0.2, 0) is 22.7 Å². The second-order valence-corrected chi connectivity index (χ2v) is 9.03. The summed E-state index contributed by atoms with van der Waals surface area (Å²) in [6.45, 7) is 4.25. The van der Waals surface area contributed by atoms with Crippen LogP contribution in [-0.4, -0.2) is 59.1 Å². The number of aromatic nitrogens is 5. The number of nitrogens with one attached hydrogen (secondary N) is 1. The van der Waals surface area contributed by atoms with Gasteiger partial charge in [-0.15, -0.1) is 0 Å². The molecule has 0 spiro atoms. The average Bonchev–Trinajstić information content (AvgIpc) is 3.53. The quantitative estimate of drug-likeness (QED) is 0.260. The highest BCUT2D eigenvalue weighted by atomic mass is 35.5. The van der Waals surface area contributed by atoms with Crippen molar-refractivity contribution in [1.82, 2.24) is 24.7 Å². The zero-order valence-electron chi connectivity index (χ0n) is 19.8. The minimum atomic E-state index is -1.36. The van der Waals surface area contributed by atoms with E-state index in [-0.39, 0.29) is 6.61 Å². The number of carboxylic acids is 1. The molecular formula is C23H24ClN7O6. The maximum Gasteiger partial charge on any atom is 0.334 e. The van der Waals surface area contributed by atoms with E-state index in [1.54, 1.807) is 18.2 Å². The van der Waals surface area contributed by atoms with Gasteiger partial charge in [0.15, 0.2) is 29.3 Å². The van der Waals surface area contributed by atoms with Crippen molar-refractivity contribution in [2.24, 2.45) is 5.73 Å². The van der Waals surface area contributed by atoms with Crippen LogP contribution in [0.2, 0.25) is 5.02 Å². The number of halogens is 1. The van der Waals surface area contributed by atoms with E-state index in [1.807, 2.05) is 13.8 Å². The lowest BCUT2D eigenvalue weighted by Gasteiger charge is -2.16. The van der Waals surface area contributed by atoms with E-state index >= 15 is 0 Å². The molecule has 5 rings (SSSR count). The molecule has 4 atom stereocenters. The van der Waals surface area contributed by atoms with E-state index in [1.165, 1.54) is 17.2 Å². The number of hydrogen-bond donors (Lipinski definition) is 4. The van der Waals surface area contributed by atoms with Gasteiger partial charge in [-0.1, -0.05) is 16.8 Å². The van der Waals surface area contributed by atoms with Crippen LogP contribution in [0.3, 0.4) is 0 Å². The Kier molecular flexibility index (Phi) is 6.69. The van der Waals surface area contributed by atoms with Crippen LogP contribution in [0.15, 0.2) is 35.4 Å². The average molecular weight is 530 g/mol. The molecule has 37 heavy (non-hydrogen) atoms. The number of fused-ring (bicyclic) bond motifs is 1. The van der Waals surface area contributed by atoms with Crippen LogP contribution >= 0.6 is 11.6 Å². The van der Waals surface area contributed by atoms with Gasteiger partial charge in [0.25, 0.3) is 0 Å². The molecule has 14 heteroatoms. The zero-order valence-corrected chi connectivity index (χ0v) is 20.6. The maximum atomic E-state index is 11.4. The fourth-order valence-electron chi connectivity index (χ4n) is 4.17. The van der Waals surface area contributed by atoms with E-state index in [0.29, 0.717) is 40.1 Å². The van der Waals surface area contributed by atoms with Crippen molar-refractivity contribution >= 4 is 34.6 Å². The molecule has 3 aromatic heterocycles. The van der Waals surface area contributed by atoms with Gasteiger partial charge >= 0.3 is 5.97 Å². The van der Waals surface area contributed by atoms with Crippen LogP contribution in [0.5, 0.6) is 5.75 Å². The monoisotopic (exact) mass is 529 g/mol. The Morgan fingerprint density at radius 3 is 2.81 bits per heavy atom. The van der Waals surface area contributed by atoms with Crippen LogP contribution in [0.25, 0.3) is 11.2 Å². The van der Waals surface area contributed by atoms with Gasteiger partial charge in [-0.05, 0) is 32.0 Å². The number of nitrogens with two attached hydrogens (primary N) is 1. The first-order valence-electron chi connectivity index (χ1n) is 11.3. The number of imidazole rings is 1. The lowest BCUT2D eigenvalue weighted by molar-refractivity contribution is -0.152. The molecule has 4 aromatic rings. The van der Waals surface area contributed by atoms with Crippen molar-refractivity contribution in [3.05, 3.63) is 58.5 Å². The summed E-state index contributed by atoms with van der Waals surface area (Å²) >= 11 is 6.24. The molecule has 1 fully saturated rings. The summed E-state index contributed by atoms with van der Waals surface area (Å²) in [5.74, 6) is 0.456.